The maximum absolute atomic E-state index is 13.8. The summed E-state index contributed by atoms with van der Waals surface area (Å²) in [6, 6.07) is 1.61. The molecule has 2 rings (SSSR count). The Morgan fingerprint density at radius 1 is 0.609 bits per heavy atom. The Kier molecular flexibility index (Phi) is 21.8. The average molecular weight is 903 g/mol. The molecule has 22 nitrogen and oxygen atoms in total. The van der Waals surface area contributed by atoms with Crippen molar-refractivity contribution < 1.29 is 72.8 Å². The van der Waals surface area contributed by atoms with Gasteiger partial charge in [0.05, 0.1) is 13.2 Å². The normalized spacial score (nSPS) is 13.7. The Balaban J connectivity index is 2.18. The van der Waals surface area contributed by atoms with Gasteiger partial charge >= 0.3 is 11.9 Å². The number of carbonyl (C=O) groups excluding carboxylic acids is 8. The van der Waals surface area contributed by atoms with Crippen LogP contribution in [0.2, 0.25) is 0 Å². The zero-order valence-electron chi connectivity index (χ0n) is 35.4. The number of aliphatic hydroxyl groups excluding tert-OH is 1. The number of carboxylic acids is 2. The van der Waals surface area contributed by atoms with E-state index in [4.69, 9.17) is 10.8 Å². The van der Waals surface area contributed by atoms with Crippen molar-refractivity contribution in [2.45, 2.75) is 102 Å². The summed E-state index contributed by atoms with van der Waals surface area (Å²) in [6.07, 6.45) is -2.02. The molecule has 0 spiro atoms. The van der Waals surface area contributed by atoms with E-state index in [1.165, 1.54) is 31.2 Å². The Morgan fingerprint density at radius 3 is 1.62 bits per heavy atom. The second-order valence-electron chi connectivity index (χ2n) is 15.1. The first-order chi connectivity index (χ1) is 30.1. The first kappa shape index (κ1) is 53.0. The topological polar surface area (TPSA) is 362 Å². The third kappa shape index (κ3) is 19.3. The number of carboxylic acid groups (broad SMARTS) is 2. The number of nitrogens with two attached hydrogens (primary N) is 1. The minimum absolute atomic E-state index is 0.0269. The van der Waals surface area contributed by atoms with Crippen molar-refractivity contribution in [3.05, 3.63) is 65.5 Å². The molecule has 0 heterocycles. The van der Waals surface area contributed by atoms with Crippen LogP contribution in [0.3, 0.4) is 0 Å². The number of aliphatic hydroxyl groups is 1. The smallest absolute Gasteiger partial charge is 0.303 e. The van der Waals surface area contributed by atoms with Gasteiger partial charge in [0.2, 0.25) is 41.4 Å². The van der Waals surface area contributed by atoms with Gasteiger partial charge in [0.1, 0.15) is 47.8 Å². The molecule has 0 saturated heterocycles. The molecule has 0 aliphatic carbocycles. The van der Waals surface area contributed by atoms with Gasteiger partial charge in [-0.2, -0.15) is 0 Å². The van der Waals surface area contributed by atoms with Crippen LogP contribution in [-0.2, 0) is 49.6 Å². The third-order valence-electron chi connectivity index (χ3n) is 9.32. The van der Waals surface area contributed by atoms with Crippen LogP contribution in [0.15, 0.2) is 48.5 Å². The highest BCUT2D eigenvalue weighted by Crippen LogP contribution is 2.14. The number of phenols is 1. The lowest BCUT2D eigenvalue weighted by Gasteiger charge is -2.27. The summed E-state index contributed by atoms with van der Waals surface area (Å²) in [5, 5.41) is 54.5. The molecule has 0 radical (unpaired) electrons. The van der Waals surface area contributed by atoms with E-state index in [1.807, 2.05) is 0 Å². The highest BCUT2D eigenvalue weighted by atomic mass is 19.1. The van der Waals surface area contributed by atoms with Crippen molar-refractivity contribution in [1.29, 1.82) is 0 Å². The first-order valence-corrected chi connectivity index (χ1v) is 20.1. The molecule has 0 aromatic heterocycles. The van der Waals surface area contributed by atoms with Gasteiger partial charge in [-0.1, -0.05) is 26.0 Å². The molecule has 350 valence electrons. The molecule has 6 atom stereocenters. The molecule has 0 aliphatic heterocycles. The maximum atomic E-state index is 13.8. The fraction of sp³-hybridized carbons (Fsp3) is 0.463. The average Bonchev–Trinajstić information content (AvgIpc) is 3.23. The van der Waals surface area contributed by atoms with E-state index in [9.17, 15) is 67.7 Å². The summed E-state index contributed by atoms with van der Waals surface area (Å²) in [5.41, 5.74) is 6.08. The van der Waals surface area contributed by atoms with Gasteiger partial charge < -0.3 is 63.4 Å². The summed E-state index contributed by atoms with van der Waals surface area (Å²) < 4.78 is 13.2. The number of amides is 8. The molecule has 0 bridgehead atoms. The molecule has 0 aliphatic rings. The molecule has 13 N–H and O–H groups in total. The number of benzene rings is 2. The van der Waals surface area contributed by atoms with Crippen LogP contribution in [0, 0.1) is 11.7 Å². The number of hydrogen-bond acceptors (Lipinski definition) is 12. The van der Waals surface area contributed by atoms with E-state index in [0.717, 1.165) is 12.1 Å². The molecule has 64 heavy (non-hydrogen) atoms. The molecule has 0 fully saturated rings. The number of rotatable bonds is 27. The summed E-state index contributed by atoms with van der Waals surface area (Å²) in [6.45, 7) is 2.91. The molecule has 23 heteroatoms. The van der Waals surface area contributed by atoms with E-state index in [-0.39, 0.29) is 42.9 Å². The fourth-order valence-electron chi connectivity index (χ4n) is 5.83. The first-order valence-electron chi connectivity index (χ1n) is 20.1. The lowest BCUT2D eigenvalue weighted by Crippen LogP contribution is -2.60. The minimum atomic E-state index is -1.77. The molecule has 2 aromatic carbocycles. The monoisotopic (exact) mass is 902 g/mol. The molecule has 2 aromatic rings. The number of aliphatic carboxylic acids is 2. The third-order valence-corrected chi connectivity index (χ3v) is 9.32. The van der Waals surface area contributed by atoms with Gasteiger partial charge in [-0.15, -0.1) is 0 Å². The van der Waals surface area contributed by atoms with Crippen molar-refractivity contribution in [1.82, 2.24) is 37.2 Å². The van der Waals surface area contributed by atoms with Crippen LogP contribution in [0.1, 0.15) is 75.2 Å². The standard InChI is InChI=1S/C41H55FN8O14/c1-21(2)18-30(40(63)48-29(13-6-23-4-11-26(52)12-5-23)39(62)47-27(35(43)58)14-16-33(54)55)49-41(64)31(20-51)50-38(61)28(15-17-34(56)57)46-32(53)19-44-36(59)22(3)45-37(60)24-7-9-25(42)10-8-24/h4-5,7-12,21-22,27-31,51-52H,6,13-20H2,1-3H3,(H2,43,58)(H,44,59)(H,45,60)(H,46,53)(H,47,62)(H,48,63)(H,49,64)(H,50,61)(H,54,55)(H,56,57)/t22-,27-,28-,29-,30-,31-/m0/s1. The number of halogens is 1. The maximum Gasteiger partial charge on any atom is 0.303 e. The lowest BCUT2D eigenvalue weighted by molar-refractivity contribution is -0.139. The van der Waals surface area contributed by atoms with Gasteiger partial charge in [-0.05, 0) is 86.9 Å². The summed E-state index contributed by atoms with van der Waals surface area (Å²) in [5.74, 6) is -11.1. The highest BCUT2D eigenvalue weighted by molar-refractivity contribution is 5.99. The summed E-state index contributed by atoms with van der Waals surface area (Å²) >= 11 is 0. The van der Waals surface area contributed by atoms with Gasteiger partial charge in [-0.25, -0.2) is 4.39 Å². The Morgan fingerprint density at radius 2 is 1.09 bits per heavy atom. The van der Waals surface area contributed by atoms with Crippen molar-refractivity contribution in [2.24, 2.45) is 11.7 Å². The van der Waals surface area contributed by atoms with Crippen LogP contribution >= 0.6 is 0 Å². The van der Waals surface area contributed by atoms with Crippen LogP contribution < -0.4 is 43.0 Å². The van der Waals surface area contributed by atoms with Gasteiger partial charge in [0, 0.05) is 18.4 Å². The second-order valence-corrected chi connectivity index (χ2v) is 15.1. The SMILES string of the molecule is CC(C)C[C@H](NC(=O)[C@H](CO)NC(=O)[C@H](CCC(=O)O)NC(=O)CNC(=O)[C@H](C)NC(=O)c1ccc(F)cc1)C(=O)N[C@@H](CCc1ccc(O)cc1)C(=O)N[C@@H](CCC(=O)O)C(N)=O. The number of primary amides is 1. The molecule has 0 unspecified atom stereocenters. The van der Waals surface area contributed by atoms with Crippen LogP contribution in [-0.4, -0.2) is 129 Å². The van der Waals surface area contributed by atoms with Crippen LogP contribution in [0.25, 0.3) is 0 Å². The predicted octanol–water partition coefficient (Wildman–Crippen LogP) is -1.92. The van der Waals surface area contributed by atoms with Gasteiger partial charge in [0.25, 0.3) is 5.91 Å². The van der Waals surface area contributed by atoms with Gasteiger partial charge in [-0.3, -0.25) is 47.9 Å². The summed E-state index contributed by atoms with van der Waals surface area (Å²) in [7, 11) is 0. The predicted molar refractivity (Wildman–Crippen MR) is 222 cm³/mol. The van der Waals surface area contributed by atoms with E-state index in [2.05, 4.69) is 37.2 Å². The van der Waals surface area contributed by atoms with Crippen molar-refractivity contribution in [3.8, 4) is 5.75 Å². The molecular weight excluding hydrogens is 847 g/mol. The van der Waals surface area contributed by atoms with Gasteiger partial charge in [0.15, 0.2) is 0 Å². The zero-order valence-corrected chi connectivity index (χ0v) is 35.4. The second kappa shape index (κ2) is 26.3. The zero-order chi connectivity index (χ0) is 48.1. The number of aromatic hydroxyl groups is 1. The molecule has 8 amide bonds. The summed E-state index contributed by atoms with van der Waals surface area (Å²) in [4.78, 5) is 126. The Labute approximate surface area is 366 Å². The number of phenolic OH excluding ortho intramolecular Hbond substituents is 1. The Bertz CT molecular complexity index is 1980. The fourth-order valence-corrected chi connectivity index (χ4v) is 5.83. The Hall–Kier alpha value is -7.17. The number of nitrogens with one attached hydrogen (secondary N) is 7. The largest absolute Gasteiger partial charge is 0.508 e. The van der Waals surface area contributed by atoms with Crippen LogP contribution in [0.4, 0.5) is 4.39 Å². The van der Waals surface area contributed by atoms with Crippen molar-refractivity contribution >= 4 is 59.2 Å². The van der Waals surface area contributed by atoms with Crippen molar-refractivity contribution in [3.63, 3.8) is 0 Å². The number of carbonyl (C=O) groups is 10. The number of hydrogen-bond donors (Lipinski definition) is 12. The minimum Gasteiger partial charge on any atom is -0.508 e. The van der Waals surface area contributed by atoms with E-state index >= 15 is 0 Å². The van der Waals surface area contributed by atoms with E-state index in [1.54, 1.807) is 26.0 Å². The highest BCUT2D eigenvalue weighted by Gasteiger charge is 2.33. The lowest BCUT2D eigenvalue weighted by atomic mass is 10.00. The van der Waals surface area contributed by atoms with E-state index in [0.29, 0.717) is 5.56 Å². The van der Waals surface area contributed by atoms with E-state index < -0.39 is 134 Å². The van der Waals surface area contributed by atoms with Crippen molar-refractivity contribution in [2.75, 3.05) is 13.2 Å². The molecular formula is C41H55FN8O14. The van der Waals surface area contributed by atoms with Crippen LogP contribution in [0.5, 0.6) is 5.75 Å². The number of aryl methyl sites for hydroxylation is 1. The molecule has 0 saturated carbocycles. The quantitative estimate of drug-likeness (QED) is 0.0465.